The fraction of sp³-hybridized carbons (Fsp3) is 0.200. The fourth-order valence-corrected chi connectivity index (χ4v) is 1.44. The van der Waals surface area contributed by atoms with Gasteiger partial charge in [0.15, 0.2) is 0 Å². The summed E-state index contributed by atoms with van der Waals surface area (Å²) in [6.07, 6.45) is 3.60. The van der Waals surface area contributed by atoms with Gasteiger partial charge in [0.05, 0.1) is 11.4 Å². The normalized spacial score (nSPS) is 10.2. The van der Waals surface area contributed by atoms with E-state index in [0.717, 1.165) is 36.1 Å². The Morgan fingerprint density at radius 1 is 0.875 bits per heavy atom. The lowest BCUT2D eigenvalue weighted by Gasteiger charge is -2.07. The van der Waals surface area contributed by atoms with Gasteiger partial charge in [-0.15, -0.1) is 0 Å². The Bertz CT molecular complexity index is 401. The molecule has 0 unspecified atom stereocenters. The average molecular weight is 220 g/mol. The molecule has 0 amide bonds. The highest BCUT2D eigenvalue weighted by molar-refractivity contribution is 5.62. The highest BCUT2D eigenvalue weighted by atomic mass is 15.1. The minimum absolute atomic E-state index is 0.722. The molecule has 2 aromatic rings. The van der Waals surface area contributed by atoms with Crippen LogP contribution in [0, 0.1) is 0 Å². The molecule has 0 spiro atoms. The van der Waals surface area contributed by atoms with Gasteiger partial charge in [0.25, 0.3) is 0 Å². The molecule has 86 valence electrons. The minimum Gasteiger partial charge on any atom is -0.396 e. The maximum atomic E-state index is 5.70. The highest BCUT2D eigenvalue weighted by Gasteiger charge is 1.99. The molecule has 6 heteroatoms. The van der Waals surface area contributed by atoms with Crippen molar-refractivity contribution in [1.29, 1.82) is 0 Å². The Hall–Kier alpha value is -2.24. The summed E-state index contributed by atoms with van der Waals surface area (Å²) in [5.41, 5.74) is 12.8. The molecule has 0 aliphatic heterocycles. The molecule has 2 aromatic heterocycles. The van der Waals surface area contributed by atoms with E-state index < -0.39 is 0 Å². The van der Waals surface area contributed by atoms with E-state index in [0.29, 0.717) is 0 Å². The Morgan fingerprint density at radius 3 is 1.62 bits per heavy atom. The number of anilines is 4. The molecule has 16 heavy (non-hydrogen) atoms. The summed E-state index contributed by atoms with van der Waals surface area (Å²) < 4.78 is 0. The topological polar surface area (TPSA) is 108 Å². The molecule has 0 bridgehead atoms. The van der Waals surface area contributed by atoms with Crippen LogP contribution < -0.4 is 22.1 Å². The zero-order chi connectivity index (χ0) is 11.4. The maximum Gasteiger partial charge on any atom is 0.126 e. The van der Waals surface area contributed by atoms with E-state index in [1.54, 1.807) is 12.4 Å². The quantitative estimate of drug-likeness (QED) is 0.423. The second-order valence-electron chi connectivity index (χ2n) is 3.47. The number of H-pyrrole nitrogens is 2. The molecule has 0 aromatic carbocycles. The first-order valence-corrected chi connectivity index (χ1v) is 5.11. The van der Waals surface area contributed by atoms with Crippen molar-refractivity contribution in [2.24, 2.45) is 0 Å². The van der Waals surface area contributed by atoms with E-state index in [4.69, 9.17) is 11.5 Å². The van der Waals surface area contributed by atoms with Crippen LogP contribution in [-0.2, 0) is 0 Å². The molecule has 0 saturated heterocycles. The van der Waals surface area contributed by atoms with Crippen molar-refractivity contribution in [3.8, 4) is 0 Å². The highest BCUT2D eigenvalue weighted by Crippen LogP contribution is 2.15. The zero-order valence-corrected chi connectivity index (χ0v) is 8.88. The van der Waals surface area contributed by atoms with Gasteiger partial charge < -0.3 is 32.1 Å². The predicted octanol–water partition coefficient (Wildman–Crippen LogP) is 1.03. The first-order chi connectivity index (χ1) is 7.77. The van der Waals surface area contributed by atoms with Crippen molar-refractivity contribution in [1.82, 2.24) is 9.97 Å². The van der Waals surface area contributed by atoms with Gasteiger partial charge in [-0.3, -0.25) is 0 Å². The van der Waals surface area contributed by atoms with Gasteiger partial charge in [-0.25, -0.2) is 0 Å². The lowest BCUT2D eigenvalue weighted by Crippen LogP contribution is -2.15. The summed E-state index contributed by atoms with van der Waals surface area (Å²) in [5.74, 6) is 1.70. The molecular weight excluding hydrogens is 204 g/mol. The minimum atomic E-state index is 0.722. The van der Waals surface area contributed by atoms with Crippen molar-refractivity contribution in [2.45, 2.75) is 0 Å². The first-order valence-electron chi connectivity index (χ1n) is 5.11. The van der Waals surface area contributed by atoms with E-state index in [1.807, 2.05) is 12.1 Å². The van der Waals surface area contributed by atoms with E-state index >= 15 is 0 Å². The van der Waals surface area contributed by atoms with Crippen LogP contribution in [0.5, 0.6) is 0 Å². The summed E-state index contributed by atoms with van der Waals surface area (Å²) >= 11 is 0. The SMILES string of the molecule is Nc1cc[nH]c1NCCNc1[nH]ccc1N. The van der Waals surface area contributed by atoms with Crippen LogP contribution >= 0.6 is 0 Å². The number of hydrogen-bond acceptors (Lipinski definition) is 4. The van der Waals surface area contributed by atoms with Crippen LogP contribution in [0.4, 0.5) is 23.0 Å². The van der Waals surface area contributed by atoms with E-state index in [2.05, 4.69) is 20.6 Å². The van der Waals surface area contributed by atoms with E-state index in [-0.39, 0.29) is 0 Å². The van der Waals surface area contributed by atoms with Gasteiger partial charge in [-0.05, 0) is 12.1 Å². The number of nitrogens with two attached hydrogens (primary N) is 2. The summed E-state index contributed by atoms with van der Waals surface area (Å²) in [4.78, 5) is 6.03. The molecule has 2 rings (SSSR count). The molecule has 6 nitrogen and oxygen atoms in total. The second kappa shape index (κ2) is 4.52. The number of nitrogens with one attached hydrogen (secondary N) is 4. The van der Waals surface area contributed by atoms with Crippen LogP contribution in [0.1, 0.15) is 0 Å². The lowest BCUT2D eigenvalue weighted by atomic mass is 10.4. The molecule has 2 heterocycles. The Balaban J connectivity index is 1.74. The van der Waals surface area contributed by atoms with Crippen molar-refractivity contribution in [3.05, 3.63) is 24.5 Å². The molecule has 8 N–H and O–H groups in total. The van der Waals surface area contributed by atoms with Gasteiger partial charge >= 0.3 is 0 Å². The molecule has 0 atom stereocenters. The third-order valence-corrected chi connectivity index (χ3v) is 2.29. The van der Waals surface area contributed by atoms with Crippen molar-refractivity contribution in [3.63, 3.8) is 0 Å². The largest absolute Gasteiger partial charge is 0.396 e. The van der Waals surface area contributed by atoms with Gasteiger partial charge in [0.2, 0.25) is 0 Å². The predicted molar refractivity (Wildman–Crippen MR) is 67.4 cm³/mol. The zero-order valence-electron chi connectivity index (χ0n) is 8.88. The number of rotatable bonds is 5. The van der Waals surface area contributed by atoms with Crippen LogP contribution in [0.3, 0.4) is 0 Å². The number of aromatic nitrogens is 2. The summed E-state index contributed by atoms with van der Waals surface area (Å²) in [5, 5.41) is 6.35. The Kier molecular flexibility index (Phi) is 2.90. The molecule has 0 saturated carbocycles. The van der Waals surface area contributed by atoms with E-state index in [9.17, 15) is 0 Å². The fourth-order valence-electron chi connectivity index (χ4n) is 1.44. The van der Waals surface area contributed by atoms with Crippen LogP contribution in [-0.4, -0.2) is 23.1 Å². The lowest BCUT2D eigenvalue weighted by molar-refractivity contribution is 1.06. The second-order valence-corrected chi connectivity index (χ2v) is 3.47. The van der Waals surface area contributed by atoms with Gasteiger partial charge in [-0.2, -0.15) is 0 Å². The van der Waals surface area contributed by atoms with Gasteiger partial charge in [0.1, 0.15) is 11.6 Å². The van der Waals surface area contributed by atoms with Gasteiger partial charge in [0, 0.05) is 25.5 Å². The smallest absolute Gasteiger partial charge is 0.126 e. The summed E-state index contributed by atoms with van der Waals surface area (Å²) in [7, 11) is 0. The van der Waals surface area contributed by atoms with Crippen LogP contribution in [0.15, 0.2) is 24.5 Å². The standard InChI is InChI=1S/C10H16N6/c11-7-1-3-13-9(7)15-5-6-16-10-8(12)2-4-14-10/h1-4,13-16H,5-6,11-12H2. The van der Waals surface area contributed by atoms with Crippen molar-refractivity contribution >= 4 is 23.0 Å². The summed E-state index contributed by atoms with van der Waals surface area (Å²) in [6, 6.07) is 3.64. The van der Waals surface area contributed by atoms with Gasteiger partial charge in [-0.1, -0.05) is 0 Å². The third kappa shape index (κ3) is 2.22. The molecule has 0 fully saturated rings. The molecule has 0 aliphatic carbocycles. The molecule has 0 aliphatic rings. The summed E-state index contributed by atoms with van der Waals surface area (Å²) in [6.45, 7) is 1.51. The first kappa shape index (κ1) is 10.3. The maximum absolute atomic E-state index is 5.70. The third-order valence-electron chi connectivity index (χ3n) is 2.29. The Labute approximate surface area is 93.4 Å². The van der Waals surface area contributed by atoms with Crippen molar-refractivity contribution < 1.29 is 0 Å². The van der Waals surface area contributed by atoms with Crippen LogP contribution in [0.2, 0.25) is 0 Å². The number of nitrogen functional groups attached to an aromatic ring is 2. The monoisotopic (exact) mass is 220 g/mol. The molecular formula is C10H16N6. The number of aromatic amines is 2. The van der Waals surface area contributed by atoms with Crippen molar-refractivity contribution in [2.75, 3.05) is 35.2 Å². The van der Waals surface area contributed by atoms with Crippen LogP contribution in [0.25, 0.3) is 0 Å². The number of hydrogen-bond donors (Lipinski definition) is 6. The average Bonchev–Trinajstić information content (AvgIpc) is 2.84. The Morgan fingerprint density at radius 2 is 1.31 bits per heavy atom. The molecule has 0 radical (unpaired) electrons. The van der Waals surface area contributed by atoms with E-state index in [1.165, 1.54) is 0 Å².